The Morgan fingerprint density at radius 3 is 2.72 bits per heavy atom. The van der Waals surface area contributed by atoms with Gasteiger partial charge in [0.05, 0.1) is 11.0 Å². The second-order valence-corrected chi connectivity index (χ2v) is 4.19. The highest BCUT2D eigenvalue weighted by Gasteiger charge is 2.15. The van der Waals surface area contributed by atoms with Crippen molar-refractivity contribution in [3.05, 3.63) is 34.7 Å². The first-order chi connectivity index (χ1) is 8.59. The van der Waals surface area contributed by atoms with Gasteiger partial charge in [0, 0.05) is 25.7 Å². The van der Waals surface area contributed by atoms with E-state index in [1.807, 2.05) is 18.2 Å². The van der Waals surface area contributed by atoms with Crippen LogP contribution in [-0.2, 0) is 14.1 Å². The molecule has 2 heterocycles. The summed E-state index contributed by atoms with van der Waals surface area (Å²) in [5.74, 6) is 0.877. The Hall–Kier alpha value is -2.50. The standard InChI is InChI=1S/C12H12N4O2/c1-15-8-5-3-4-7(9-6-10(13)14-18-9)11(8)16(2)12(15)17/h3-6H,1-2H3,(H2,13,14). The van der Waals surface area contributed by atoms with Crippen molar-refractivity contribution in [2.45, 2.75) is 0 Å². The van der Waals surface area contributed by atoms with Crippen molar-refractivity contribution in [1.82, 2.24) is 14.3 Å². The quantitative estimate of drug-likeness (QED) is 0.695. The van der Waals surface area contributed by atoms with Crippen LogP contribution in [0.5, 0.6) is 0 Å². The van der Waals surface area contributed by atoms with Gasteiger partial charge in [-0.15, -0.1) is 0 Å². The minimum atomic E-state index is -0.0788. The summed E-state index contributed by atoms with van der Waals surface area (Å²) < 4.78 is 8.35. The first-order valence-corrected chi connectivity index (χ1v) is 5.46. The second-order valence-electron chi connectivity index (χ2n) is 4.19. The molecule has 3 aromatic rings. The fraction of sp³-hybridized carbons (Fsp3) is 0.167. The number of aromatic nitrogens is 3. The number of benzene rings is 1. The van der Waals surface area contributed by atoms with Crippen LogP contribution < -0.4 is 11.4 Å². The number of nitrogen functional groups attached to an aromatic ring is 1. The molecule has 0 fully saturated rings. The molecule has 0 spiro atoms. The average molecular weight is 244 g/mol. The van der Waals surface area contributed by atoms with E-state index in [0.29, 0.717) is 11.6 Å². The molecule has 0 unspecified atom stereocenters. The minimum Gasteiger partial charge on any atom is -0.381 e. The third-order valence-electron chi connectivity index (χ3n) is 3.08. The molecule has 0 saturated heterocycles. The summed E-state index contributed by atoms with van der Waals surface area (Å²) in [5, 5.41) is 3.67. The van der Waals surface area contributed by atoms with Gasteiger partial charge in [0.2, 0.25) is 0 Å². The van der Waals surface area contributed by atoms with Crippen LogP contribution in [0.2, 0.25) is 0 Å². The van der Waals surface area contributed by atoms with E-state index in [4.69, 9.17) is 10.3 Å². The van der Waals surface area contributed by atoms with Gasteiger partial charge >= 0.3 is 5.69 Å². The molecule has 0 bridgehead atoms. The summed E-state index contributed by atoms with van der Waals surface area (Å²) in [4.78, 5) is 11.9. The van der Waals surface area contributed by atoms with Crippen molar-refractivity contribution >= 4 is 16.9 Å². The lowest BCUT2D eigenvalue weighted by Gasteiger charge is -2.00. The Bertz CT molecular complexity index is 794. The van der Waals surface area contributed by atoms with Crippen molar-refractivity contribution in [2.75, 3.05) is 5.73 Å². The van der Waals surface area contributed by atoms with Crippen LogP contribution in [0.25, 0.3) is 22.4 Å². The van der Waals surface area contributed by atoms with Crippen LogP contribution in [-0.4, -0.2) is 14.3 Å². The zero-order chi connectivity index (χ0) is 12.9. The second kappa shape index (κ2) is 3.49. The number of aryl methyl sites for hydroxylation is 2. The van der Waals surface area contributed by atoms with E-state index in [0.717, 1.165) is 16.6 Å². The number of fused-ring (bicyclic) bond motifs is 1. The van der Waals surface area contributed by atoms with Crippen LogP contribution in [0.15, 0.2) is 33.6 Å². The summed E-state index contributed by atoms with van der Waals surface area (Å²) in [7, 11) is 3.47. The summed E-state index contributed by atoms with van der Waals surface area (Å²) in [6, 6.07) is 7.28. The molecule has 6 nitrogen and oxygen atoms in total. The van der Waals surface area contributed by atoms with Crippen molar-refractivity contribution < 1.29 is 4.52 Å². The molecule has 3 rings (SSSR count). The van der Waals surface area contributed by atoms with Crippen molar-refractivity contribution in [2.24, 2.45) is 14.1 Å². The molecule has 18 heavy (non-hydrogen) atoms. The number of hydrogen-bond acceptors (Lipinski definition) is 4. The number of para-hydroxylation sites is 1. The molecule has 2 aromatic heterocycles. The Kier molecular flexibility index (Phi) is 2.07. The molecule has 0 amide bonds. The Morgan fingerprint density at radius 2 is 2.06 bits per heavy atom. The van der Waals surface area contributed by atoms with Crippen LogP contribution in [0, 0.1) is 0 Å². The maximum atomic E-state index is 11.9. The van der Waals surface area contributed by atoms with E-state index in [9.17, 15) is 4.79 Å². The zero-order valence-electron chi connectivity index (χ0n) is 10.0. The molecule has 1 aromatic carbocycles. The van der Waals surface area contributed by atoms with E-state index < -0.39 is 0 Å². The van der Waals surface area contributed by atoms with Crippen LogP contribution in [0.3, 0.4) is 0 Å². The first-order valence-electron chi connectivity index (χ1n) is 5.46. The van der Waals surface area contributed by atoms with Crippen molar-refractivity contribution in [3.63, 3.8) is 0 Å². The van der Waals surface area contributed by atoms with Crippen LogP contribution >= 0.6 is 0 Å². The molecule has 0 aliphatic carbocycles. The van der Waals surface area contributed by atoms with Crippen molar-refractivity contribution in [1.29, 1.82) is 0 Å². The molecule has 0 atom stereocenters. The van der Waals surface area contributed by atoms with Crippen LogP contribution in [0.4, 0.5) is 5.82 Å². The highest BCUT2D eigenvalue weighted by Crippen LogP contribution is 2.28. The smallest absolute Gasteiger partial charge is 0.328 e. The lowest BCUT2D eigenvalue weighted by Crippen LogP contribution is -2.19. The zero-order valence-corrected chi connectivity index (χ0v) is 10.0. The fourth-order valence-electron chi connectivity index (χ4n) is 2.19. The largest absolute Gasteiger partial charge is 0.381 e. The molecule has 0 aliphatic rings. The monoisotopic (exact) mass is 244 g/mol. The van der Waals surface area contributed by atoms with E-state index in [1.165, 1.54) is 0 Å². The highest BCUT2D eigenvalue weighted by molar-refractivity contribution is 5.91. The Labute approximate surface area is 102 Å². The maximum Gasteiger partial charge on any atom is 0.328 e. The predicted molar refractivity (Wildman–Crippen MR) is 68.1 cm³/mol. The summed E-state index contributed by atoms with van der Waals surface area (Å²) >= 11 is 0. The Balaban J connectivity index is 2.44. The number of imidazole rings is 1. The van der Waals surface area contributed by atoms with Gasteiger partial charge in [0.25, 0.3) is 0 Å². The Morgan fingerprint density at radius 1 is 1.28 bits per heavy atom. The predicted octanol–water partition coefficient (Wildman–Crippen LogP) is 1.11. The fourth-order valence-corrected chi connectivity index (χ4v) is 2.19. The number of nitrogens with zero attached hydrogens (tertiary/aromatic N) is 3. The number of hydrogen-bond donors (Lipinski definition) is 1. The molecule has 2 N–H and O–H groups in total. The molecule has 92 valence electrons. The lowest BCUT2D eigenvalue weighted by molar-refractivity contribution is 0.436. The normalized spacial score (nSPS) is 11.2. The van der Waals surface area contributed by atoms with Gasteiger partial charge < -0.3 is 10.3 Å². The maximum absolute atomic E-state index is 11.9. The summed E-state index contributed by atoms with van der Waals surface area (Å²) in [6.07, 6.45) is 0. The van der Waals surface area contributed by atoms with Gasteiger partial charge in [-0.2, -0.15) is 0 Å². The summed E-state index contributed by atoms with van der Waals surface area (Å²) in [6.45, 7) is 0. The van der Waals surface area contributed by atoms with Gasteiger partial charge in [0.1, 0.15) is 0 Å². The van der Waals surface area contributed by atoms with Crippen LogP contribution in [0.1, 0.15) is 0 Å². The lowest BCUT2D eigenvalue weighted by atomic mass is 10.1. The van der Waals surface area contributed by atoms with Gasteiger partial charge in [0.15, 0.2) is 11.6 Å². The third-order valence-corrected chi connectivity index (χ3v) is 3.08. The van der Waals surface area contributed by atoms with E-state index in [2.05, 4.69) is 5.16 Å². The molecular weight excluding hydrogens is 232 g/mol. The molecule has 0 aliphatic heterocycles. The van der Waals surface area contributed by atoms with Gasteiger partial charge in [-0.1, -0.05) is 11.2 Å². The van der Waals surface area contributed by atoms with Gasteiger partial charge in [-0.05, 0) is 12.1 Å². The average Bonchev–Trinajstić information content (AvgIpc) is 2.89. The summed E-state index contributed by atoms with van der Waals surface area (Å²) in [5.41, 5.74) is 7.93. The van der Waals surface area contributed by atoms with Gasteiger partial charge in [-0.3, -0.25) is 9.13 Å². The topological polar surface area (TPSA) is 79.0 Å². The minimum absolute atomic E-state index is 0.0788. The molecule has 0 saturated carbocycles. The van der Waals surface area contributed by atoms with E-state index in [-0.39, 0.29) is 5.69 Å². The van der Waals surface area contributed by atoms with E-state index >= 15 is 0 Å². The van der Waals surface area contributed by atoms with E-state index in [1.54, 1.807) is 29.3 Å². The SMILES string of the molecule is Cn1c(=O)n(C)c2c(-c3cc(N)no3)cccc21. The van der Waals surface area contributed by atoms with Crippen molar-refractivity contribution in [3.8, 4) is 11.3 Å². The number of rotatable bonds is 1. The number of anilines is 1. The number of nitrogens with two attached hydrogens (primary N) is 1. The molecule has 6 heteroatoms. The highest BCUT2D eigenvalue weighted by atomic mass is 16.5. The molecule has 0 radical (unpaired) electrons. The first kappa shape index (κ1) is 10.6. The van der Waals surface area contributed by atoms with Gasteiger partial charge in [-0.25, -0.2) is 4.79 Å². The third kappa shape index (κ3) is 1.29. The molecular formula is C12H12N4O2.